The van der Waals surface area contributed by atoms with Crippen LogP contribution in [0.2, 0.25) is 0 Å². The van der Waals surface area contributed by atoms with Gasteiger partial charge in [-0.15, -0.1) is 11.3 Å². The van der Waals surface area contributed by atoms with E-state index in [0.29, 0.717) is 10.8 Å². The summed E-state index contributed by atoms with van der Waals surface area (Å²) in [5, 5.41) is 4.56. The summed E-state index contributed by atoms with van der Waals surface area (Å²) in [5.74, 6) is 0.0356. The zero-order valence-electron chi connectivity index (χ0n) is 13.5. The van der Waals surface area contributed by atoms with Gasteiger partial charge in [0.25, 0.3) is 5.91 Å². The SMILES string of the molecule is COc1ccccc1-c1nc(C(=O)Nc2cccc(C(F)(F)F)c2)cs1. The van der Waals surface area contributed by atoms with Crippen LogP contribution in [0.25, 0.3) is 10.6 Å². The van der Waals surface area contributed by atoms with Crippen molar-refractivity contribution in [3.8, 4) is 16.3 Å². The highest BCUT2D eigenvalue weighted by Crippen LogP contribution is 2.33. The fraction of sp³-hybridized carbons (Fsp3) is 0.111. The van der Waals surface area contributed by atoms with Gasteiger partial charge in [0.1, 0.15) is 16.5 Å². The van der Waals surface area contributed by atoms with Crippen molar-refractivity contribution in [2.75, 3.05) is 12.4 Å². The summed E-state index contributed by atoms with van der Waals surface area (Å²) in [6, 6.07) is 11.7. The van der Waals surface area contributed by atoms with E-state index >= 15 is 0 Å². The average Bonchev–Trinajstić information content (AvgIpc) is 3.11. The number of rotatable bonds is 4. The number of amides is 1. The second kappa shape index (κ2) is 7.17. The van der Waals surface area contributed by atoms with Gasteiger partial charge >= 0.3 is 6.18 Å². The highest BCUT2D eigenvalue weighted by atomic mass is 32.1. The lowest BCUT2D eigenvalue weighted by atomic mass is 10.2. The monoisotopic (exact) mass is 378 g/mol. The van der Waals surface area contributed by atoms with E-state index in [1.54, 1.807) is 11.4 Å². The van der Waals surface area contributed by atoms with Crippen molar-refractivity contribution in [3.63, 3.8) is 0 Å². The molecule has 1 heterocycles. The summed E-state index contributed by atoms with van der Waals surface area (Å²) >= 11 is 1.25. The van der Waals surface area contributed by atoms with E-state index in [-0.39, 0.29) is 11.4 Å². The van der Waals surface area contributed by atoms with Gasteiger partial charge in [0, 0.05) is 11.1 Å². The number of halogens is 3. The van der Waals surface area contributed by atoms with Crippen LogP contribution in [0.15, 0.2) is 53.9 Å². The number of alkyl halides is 3. The molecule has 3 rings (SSSR count). The summed E-state index contributed by atoms with van der Waals surface area (Å²) in [5.41, 5.74) is 0.0754. The molecule has 0 bridgehead atoms. The first-order valence-corrected chi connectivity index (χ1v) is 8.34. The number of para-hydroxylation sites is 1. The number of hydrogen-bond acceptors (Lipinski definition) is 4. The Morgan fingerprint density at radius 2 is 1.92 bits per heavy atom. The van der Waals surface area contributed by atoms with Crippen molar-refractivity contribution in [1.29, 1.82) is 0 Å². The van der Waals surface area contributed by atoms with Gasteiger partial charge in [0.05, 0.1) is 18.2 Å². The molecule has 134 valence electrons. The quantitative estimate of drug-likeness (QED) is 0.688. The van der Waals surface area contributed by atoms with Crippen LogP contribution in [0.3, 0.4) is 0 Å². The van der Waals surface area contributed by atoms with Crippen molar-refractivity contribution in [1.82, 2.24) is 4.98 Å². The molecule has 2 aromatic carbocycles. The number of methoxy groups -OCH3 is 1. The lowest BCUT2D eigenvalue weighted by Crippen LogP contribution is -2.13. The molecular weight excluding hydrogens is 365 g/mol. The van der Waals surface area contributed by atoms with Crippen molar-refractivity contribution in [2.24, 2.45) is 0 Å². The summed E-state index contributed by atoms with van der Waals surface area (Å²) in [6.07, 6.45) is -4.47. The number of ether oxygens (including phenoxy) is 1. The normalized spacial score (nSPS) is 11.2. The largest absolute Gasteiger partial charge is 0.496 e. The van der Waals surface area contributed by atoms with Crippen LogP contribution in [-0.4, -0.2) is 18.0 Å². The Morgan fingerprint density at radius 1 is 1.15 bits per heavy atom. The van der Waals surface area contributed by atoms with Crippen LogP contribution < -0.4 is 10.1 Å². The second-order valence-corrected chi connectivity index (χ2v) is 6.13. The Labute approximate surface area is 151 Å². The van der Waals surface area contributed by atoms with E-state index < -0.39 is 17.6 Å². The molecule has 0 radical (unpaired) electrons. The smallest absolute Gasteiger partial charge is 0.416 e. The molecule has 0 fully saturated rings. The Kier molecular flexibility index (Phi) is 4.94. The Balaban J connectivity index is 1.81. The minimum absolute atomic E-state index is 0.0525. The number of anilines is 1. The fourth-order valence-corrected chi connectivity index (χ4v) is 3.12. The third kappa shape index (κ3) is 3.85. The number of hydrogen-bond donors (Lipinski definition) is 1. The molecule has 0 saturated carbocycles. The first-order valence-electron chi connectivity index (χ1n) is 7.46. The van der Waals surface area contributed by atoms with E-state index in [0.717, 1.165) is 17.7 Å². The first-order chi connectivity index (χ1) is 12.4. The minimum atomic E-state index is -4.47. The molecule has 1 amide bonds. The van der Waals surface area contributed by atoms with Crippen LogP contribution in [0.4, 0.5) is 18.9 Å². The highest BCUT2D eigenvalue weighted by Gasteiger charge is 2.30. The second-order valence-electron chi connectivity index (χ2n) is 5.27. The third-order valence-corrected chi connectivity index (χ3v) is 4.40. The third-order valence-electron chi connectivity index (χ3n) is 3.52. The van der Waals surface area contributed by atoms with Crippen molar-refractivity contribution in [3.05, 3.63) is 65.2 Å². The predicted molar refractivity (Wildman–Crippen MR) is 93.5 cm³/mol. The average molecular weight is 378 g/mol. The maximum Gasteiger partial charge on any atom is 0.416 e. The molecule has 1 aromatic heterocycles. The van der Waals surface area contributed by atoms with Gasteiger partial charge in [-0.05, 0) is 30.3 Å². The van der Waals surface area contributed by atoms with E-state index in [2.05, 4.69) is 10.3 Å². The molecule has 0 atom stereocenters. The topological polar surface area (TPSA) is 51.2 Å². The van der Waals surface area contributed by atoms with Crippen molar-refractivity contribution in [2.45, 2.75) is 6.18 Å². The van der Waals surface area contributed by atoms with Gasteiger partial charge in [-0.2, -0.15) is 13.2 Å². The van der Waals surface area contributed by atoms with E-state index in [9.17, 15) is 18.0 Å². The van der Waals surface area contributed by atoms with Gasteiger partial charge in [0.2, 0.25) is 0 Å². The number of aromatic nitrogens is 1. The summed E-state index contributed by atoms with van der Waals surface area (Å²) in [4.78, 5) is 16.6. The van der Waals surface area contributed by atoms with E-state index in [1.807, 2.05) is 18.2 Å². The summed E-state index contributed by atoms with van der Waals surface area (Å²) in [7, 11) is 1.54. The molecule has 3 aromatic rings. The standard InChI is InChI=1S/C18H13F3N2O2S/c1-25-15-8-3-2-7-13(15)17-23-14(10-26-17)16(24)22-12-6-4-5-11(9-12)18(19,20)21/h2-10H,1H3,(H,22,24). The number of nitrogens with one attached hydrogen (secondary N) is 1. The van der Waals surface area contributed by atoms with Gasteiger partial charge in [-0.25, -0.2) is 4.98 Å². The Bertz CT molecular complexity index is 938. The Morgan fingerprint density at radius 3 is 2.65 bits per heavy atom. The zero-order chi connectivity index (χ0) is 18.7. The molecule has 1 N–H and O–H groups in total. The van der Waals surface area contributed by atoms with Gasteiger partial charge < -0.3 is 10.1 Å². The zero-order valence-corrected chi connectivity index (χ0v) is 14.3. The lowest BCUT2D eigenvalue weighted by molar-refractivity contribution is -0.137. The lowest BCUT2D eigenvalue weighted by Gasteiger charge is -2.09. The van der Waals surface area contributed by atoms with Crippen molar-refractivity contribution < 1.29 is 22.7 Å². The molecule has 0 aliphatic rings. The number of thiazole rings is 1. The molecular formula is C18H13F3N2O2S. The number of carbonyl (C=O) groups excluding carboxylic acids is 1. The maximum absolute atomic E-state index is 12.8. The molecule has 4 nitrogen and oxygen atoms in total. The van der Waals surface area contributed by atoms with Crippen molar-refractivity contribution >= 4 is 22.9 Å². The Hall–Kier alpha value is -2.87. The maximum atomic E-state index is 12.8. The highest BCUT2D eigenvalue weighted by molar-refractivity contribution is 7.13. The molecule has 0 saturated heterocycles. The van der Waals surface area contributed by atoms with Crippen LogP contribution in [0.1, 0.15) is 16.1 Å². The molecule has 8 heteroatoms. The summed E-state index contributed by atoms with van der Waals surface area (Å²) < 4.78 is 43.5. The van der Waals surface area contributed by atoms with E-state index in [1.165, 1.54) is 30.6 Å². The van der Waals surface area contributed by atoms with Crippen LogP contribution in [0.5, 0.6) is 5.75 Å². The number of benzene rings is 2. The van der Waals surface area contributed by atoms with E-state index in [4.69, 9.17) is 4.74 Å². The number of carbonyl (C=O) groups is 1. The van der Waals surface area contributed by atoms with Crippen LogP contribution in [0, 0.1) is 0 Å². The van der Waals surface area contributed by atoms with Crippen LogP contribution >= 0.6 is 11.3 Å². The minimum Gasteiger partial charge on any atom is -0.496 e. The van der Waals surface area contributed by atoms with Gasteiger partial charge in [-0.3, -0.25) is 4.79 Å². The molecule has 0 spiro atoms. The predicted octanol–water partition coefficient (Wildman–Crippen LogP) is 5.09. The van der Waals surface area contributed by atoms with Crippen LogP contribution in [-0.2, 0) is 6.18 Å². The fourth-order valence-electron chi connectivity index (χ4n) is 2.29. The number of nitrogens with zero attached hydrogens (tertiary/aromatic N) is 1. The van der Waals surface area contributed by atoms with Gasteiger partial charge in [0.15, 0.2) is 0 Å². The molecule has 26 heavy (non-hydrogen) atoms. The molecule has 0 aliphatic heterocycles. The molecule has 0 unspecified atom stereocenters. The molecule has 0 aliphatic carbocycles. The first kappa shape index (κ1) is 17.9. The van der Waals surface area contributed by atoms with Gasteiger partial charge in [-0.1, -0.05) is 18.2 Å². The summed E-state index contributed by atoms with van der Waals surface area (Å²) in [6.45, 7) is 0.